The molecule has 0 aliphatic carbocycles. The van der Waals surface area contributed by atoms with Crippen molar-refractivity contribution in [1.82, 2.24) is 0 Å². The molecule has 0 saturated carbocycles. The highest BCUT2D eigenvalue weighted by molar-refractivity contribution is 6.22. The third-order valence-electron chi connectivity index (χ3n) is 4.07. The van der Waals surface area contributed by atoms with E-state index in [4.69, 9.17) is 4.74 Å². The van der Waals surface area contributed by atoms with E-state index in [1.807, 2.05) is 0 Å². The van der Waals surface area contributed by atoms with E-state index in [1.54, 1.807) is 6.07 Å². The van der Waals surface area contributed by atoms with Gasteiger partial charge >= 0.3 is 0 Å². The average molecular weight is 306 g/mol. The van der Waals surface area contributed by atoms with Crippen LogP contribution in [0, 0.1) is 10.1 Å². The van der Waals surface area contributed by atoms with E-state index in [9.17, 15) is 19.7 Å². The van der Waals surface area contributed by atoms with Crippen molar-refractivity contribution in [3.63, 3.8) is 0 Å². The minimum atomic E-state index is -0.542. The number of hydrogen-bond acceptors (Lipinski definition) is 5. The van der Waals surface area contributed by atoms with Gasteiger partial charge in [-0.2, -0.15) is 0 Å². The third-order valence-corrected chi connectivity index (χ3v) is 4.07. The Balaban J connectivity index is 1.85. The number of quaternary nitrogens is 1. The van der Waals surface area contributed by atoms with E-state index >= 15 is 0 Å². The highest BCUT2D eigenvalue weighted by Gasteiger charge is 2.46. The van der Waals surface area contributed by atoms with Crippen LogP contribution >= 0.6 is 0 Å². The molecule has 0 spiro atoms. The first-order valence-corrected chi connectivity index (χ1v) is 7.11. The van der Waals surface area contributed by atoms with Crippen LogP contribution in [-0.4, -0.2) is 49.1 Å². The Kier molecular flexibility index (Phi) is 3.86. The number of rotatable bonds is 3. The van der Waals surface area contributed by atoms with Crippen molar-refractivity contribution < 1.29 is 24.1 Å². The molecular weight excluding hydrogens is 290 g/mol. The number of non-ortho nitro benzene ring substituents is 1. The maximum atomic E-state index is 12.6. The molecular formula is C14H16N3O5+. The summed E-state index contributed by atoms with van der Waals surface area (Å²) in [5.74, 6) is -0.600. The highest BCUT2D eigenvalue weighted by Crippen LogP contribution is 2.25. The lowest BCUT2D eigenvalue weighted by Gasteiger charge is -2.27. The summed E-state index contributed by atoms with van der Waals surface area (Å²) in [6, 6.07) is 5.19. The van der Waals surface area contributed by atoms with Crippen LogP contribution in [0.1, 0.15) is 6.42 Å². The number of benzene rings is 1. The van der Waals surface area contributed by atoms with E-state index in [0.717, 1.165) is 9.80 Å². The second-order valence-electron chi connectivity index (χ2n) is 5.37. The summed E-state index contributed by atoms with van der Waals surface area (Å²) in [5, 5.41) is 10.8. The number of carbonyl (C=O) groups is 2. The number of carbonyl (C=O) groups excluding carboxylic acids is 2. The van der Waals surface area contributed by atoms with Gasteiger partial charge in [-0.05, 0) is 6.07 Å². The van der Waals surface area contributed by atoms with Gasteiger partial charge in [-0.25, -0.2) is 4.90 Å². The molecule has 2 heterocycles. The van der Waals surface area contributed by atoms with Crippen molar-refractivity contribution in [2.24, 2.45) is 0 Å². The van der Waals surface area contributed by atoms with Gasteiger partial charge in [-0.3, -0.25) is 19.7 Å². The smallest absolute Gasteiger partial charge is 0.292 e. The predicted molar refractivity (Wildman–Crippen MR) is 75.5 cm³/mol. The van der Waals surface area contributed by atoms with Crippen LogP contribution in [0.4, 0.5) is 11.4 Å². The maximum Gasteiger partial charge on any atom is 0.292 e. The monoisotopic (exact) mass is 306 g/mol. The zero-order chi connectivity index (χ0) is 15.7. The maximum absolute atomic E-state index is 12.6. The van der Waals surface area contributed by atoms with Crippen molar-refractivity contribution in [3.8, 4) is 0 Å². The van der Waals surface area contributed by atoms with E-state index in [2.05, 4.69) is 0 Å². The molecule has 22 heavy (non-hydrogen) atoms. The number of amides is 2. The SMILES string of the molecule is O=C1CC([NH+]2CCOCC2)C(=O)N1c1cccc([N+](=O)[O-])c1. The van der Waals surface area contributed by atoms with Crippen molar-refractivity contribution in [1.29, 1.82) is 0 Å². The second-order valence-corrected chi connectivity index (χ2v) is 5.37. The summed E-state index contributed by atoms with van der Waals surface area (Å²) >= 11 is 0. The number of nitrogens with zero attached hydrogens (tertiary/aromatic N) is 2. The van der Waals surface area contributed by atoms with Gasteiger partial charge in [0, 0.05) is 12.1 Å². The first-order valence-electron chi connectivity index (χ1n) is 7.11. The molecule has 8 nitrogen and oxygen atoms in total. The number of morpholine rings is 1. The fourth-order valence-electron chi connectivity index (χ4n) is 2.95. The molecule has 0 radical (unpaired) electrons. The summed E-state index contributed by atoms with van der Waals surface area (Å²) in [6.07, 6.45) is 0.136. The lowest BCUT2D eigenvalue weighted by molar-refractivity contribution is -0.922. The van der Waals surface area contributed by atoms with E-state index < -0.39 is 11.0 Å². The van der Waals surface area contributed by atoms with Crippen LogP contribution < -0.4 is 9.80 Å². The minimum absolute atomic E-state index is 0.136. The second kappa shape index (κ2) is 5.82. The van der Waals surface area contributed by atoms with Crippen molar-refractivity contribution in [2.75, 3.05) is 31.2 Å². The summed E-state index contributed by atoms with van der Waals surface area (Å²) < 4.78 is 5.27. The summed E-state index contributed by atoms with van der Waals surface area (Å²) in [6.45, 7) is 2.52. The van der Waals surface area contributed by atoms with Gasteiger partial charge in [0.25, 0.3) is 11.6 Å². The Labute approximate surface area is 126 Å². The normalized spacial score (nSPS) is 23.1. The lowest BCUT2D eigenvalue weighted by Crippen LogP contribution is -3.18. The average Bonchev–Trinajstić information content (AvgIpc) is 2.83. The van der Waals surface area contributed by atoms with Gasteiger partial charge in [0.1, 0.15) is 13.1 Å². The number of anilines is 1. The summed E-state index contributed by atoms with van der Waals surface area (Å²) in [7, 11) is 0. The van der Waals surface area contributed by atoms with E-state index in [1.165, 1.54) is 18.2 Å². The van der Waals surface area contributed by atoms with Gasteiger partial charge in [0.2, 0.25) is 5.91 Å². The molecule has 0 aromatic heterocycles. The Hall–Kier alpha value is -2.32. The van der Waals surface area contributed by atoms with Crippen molar-refractivity contribution in [2.45, 2.75) is 12.5 Å². The zero-order valence-electron chi connectivity index (χ0n) is 11.9. The van der Waals surface area contributed by atoms with Crippen molar-refractivity contribution in [3.05, 3.63) is 34.4 Å². The van der Waals surface area contributed by atoms with Crippen LogP contribution in [0.3, 0.4) is 0 Å². The lowest BCUT2D eigenvalue weighted by atomic mass is 10.2. The molecule has 2 aliphatic rings. The Morgan fingerprint density at radius 3 is 2.68 bits per heavy atom. The standard InChI is InChI=1S/C14H15N3O5/c18-13-9-12(15-4-6-22-7-5-15)14(19)16(13)10-2-1-3-11(8-10)17(20)21/h1-3,8,12H,4-7,9H2/p+1. The molecule has 1 atom stereocenters. The van der Waals surface area contributed by atoms with Gasteiger partial charge in [0.15, 0.2) is 6.04 Å². The Morgan fingerprint density at radius 2 is 2.00 bits per heavy atom. The Bertz CT molecular complexity index is 627. The number of nitro benzene ring substituents is 1. The highest BCUT2D eigenvalue weighted by atomic mass is 16.6. The fraction of sp³-hybridized carbons (Fsp3) is 0.429. The molecule has 3 rings (SSSR count). The van der Waals surface area contributed by atoms with Gasteiger partial charge in [-0.1, -0.05) is 6.07 Å². The van der Waals surface area contributed by atoms with Gasteiger partial charge in [-0.15, -0.1) is 0 Å². The van der Waals surface area contributed by atoms with E-state index in [-0.39, 0.29) is 29.6 Å². The molecule has 1 aromatic carbocycles. The van der Waals surface area contributed by atoms with Crippen LogP contribution in [0.25, 0.3) is 0 Å². The number of imide groups is 1. The first-order chi connectivity index (χ1) is 10.6. The molecule has 0 bridgehead atoms. The molecule has 1 aromatic rings. The fourth-order valence-corrected chi connectivity index (χ4v) is 2.95. The van der Waals surface area contributed by atoms with Gasteiger partial charge in [0.05, 0.1) is 30.2 Å². The number of nitro groups is 1. The first kappa shape index (κ1) is 14.6. The third kappa shape index (κ3) is 2.58. The quantitative estimate of drug-likeness (QED) is 0.445. The zero-order valence-corrected chi connectivity index (χ0v) is 11.9. The molecule has 2 saturated heterocycles. The van der Waals surface area contributed by atoms with Crippen LogP contribution in [-0.2, 0) is 14.3 Å². The number of nitrogens with one attached hydrogen (secondary N) is 1. The van der Waals surface area contributed by atoms with Crippen LogP contribution in [0.15, 0.2) is 24.3 Å². The molecule has 8 heteroatoms. The van der Waals surface area contributed by atoms with E-state index in [0.29, 0.717) is 26.3 Å². The largest absolute Gasteiger partial charge is 0.370 e. The molecule has 2 aliphatic heterocycles. The predicted octanol–water partition coefficient (Wildman–Crippen LogP) is -0.858. The topological polar surface area (TPSA) is 94.2 Å². The Morgan fingerprint density at radius 1 is 1.27 bits per heavy atom. The van der Waals surface area contributed by atoms with Gasteiger partial charge < -0.3 is 9.64 Å². The molecule has 1 unspecified atom stereocenters. The number of ether oxygens (including phenoxy) is 1. The van der Waals surface area contributed by atoms with Crippen LogP contribution in [0.2, 0.25) is 0 Å². The number of hydrogen-bond donors (Lipinski definition) is 1. The molecule has 116 valence electrons. The summed E-state index contributed by atoms with van der Waals surface area (Å²) in [4.78, 5) is 37.2. The summed E-state index contributed by atoms with van der Waals surface area (Å²) in [5.41, 5.74) is 0.125. The molecule has 1 N–H and O–H groups in total. The minimum Gasteiger partial charge on any atom is -0.370 e. The van der Waals surface area contributed by atoms with Crippen molar-refractivity contribution >= 4 is 23.2 Å². The van der Waals surface area contributed by atoms with Crippen LogP contribution in [0.5, 0.6) is 0 Å². The molecule has 2 amide bonds. The molecule has 2 fully saturated rings.